The minimum Gasteiger partial charge on any atom is -0.462 e. The van der Waals surface area contributed by atoms with E-state index in [0.29, 0.717) is 28.6 Å². The van der Waals surface area contributed by atoms with Crippen LogP contribution in [-0.4, -0.2) is 30.6 Å². The molecule has 182 valence electrons. The van der Waals surface area contributed by atoms with Gasteiger partial charge < -0.3 is 20.7 Å². The van der Waals surface area contributed by atoms with Crippen LogP contribution in [0.4, 0.5) is 16.2 Å². The second kappa shape index (κ2) is 13.2. The number of unbranched alkanes of at least 4 members (excludes halogenated alkanes) is 1. The van der Waals surface area contributed by atoms with Crippen LogP contribution in [0.3, 0.4) is 0 Å². The second-order valence-electron chi connectivity index (χ2n) is 7.91. The Balaban J connectivity index is 1.66. The Hall–Kier alpha value is -3.84. The second-order valence-corrected chi connectivity index (χ2v) is 8.34. The average Bonchev–Trinajstić information content (AvgIpc) is 2.85. The van der Waals surface area contributed by atoms with Crippen molar-refractivity contribution in [3.05, 3.63) is 95.0 Å². The molecule has 1 unspecified atom stereocenters. The maximum Gasteiger partial charge on any atom is 0.338 e. The average molecular weight is 494 g/mol. The highest BCUT2D eigenvalue weighted by molar-refractivity contribution is 6.30. The van der Waals surface area contributed by atoms with Gasteiger partial charge in [0.1, 0.15) is 6.04 Å². The van der Waals surface area contributed by atoms with Gasteiger partial charge in [-0.2, -0.15) is 0 Å². The topological polar surface area (TPSA) is 96.5 Å². The molecule has 0 aromatic heterocycles. The number of ether oxygens (including phenoxy) is 1. The van der Waals surface area contributed by atoms with Gasteiger partial charge in [-0.05, 0) is 54.4 Å². The van der Waals surface area contributed by atoms with Crippen molar-refractivity contribution >= 4 is 40.9 Å². The molecule has 0 aliphatic carbocycles. The maximum absolute atomic E-state index is 13.1. The molecular formula is C27H28ClN3O4. The highest BCUT2D eigenvalue weighted by Gasteiger charge is 2.22. The Bertz CT molecular complexity index is 1140. The number of hydrogen-bond acceptors (Lipinski definition) is 4. The Morgan fingerprint density at radius 2 is 1.63 bits per heavy atom. The molecule has 3 amide bonds. The molecule has 3 N–H and O–H groups in total. The summed E-state index contributed by atoms with van der Waals surface area (Å²) in [7, 11) is 0. The highest BCUT2D eigenvalue weighted by atomic mass is 35.5. The van der Waals surface area contributed by atoms with Crippen molar-refractivity contribution in [2.45, 2.75) is 32.2 Å². The van der Waals surface area contributed by atoms with Gasteiger partial charge in [0.25, 0.3) is 0 Å². The fourth-order valence-electron chi connectivity index (χ4n) is 3.26. The van der Waals surface area contributed by atoms with Crippen LogP contribution in [0.15, 0.2) is 78.9 Å². The largest absolute Gasteiger partial charge is 0.462 e. The van der Waals surface area contributed by atoms with Crippen LogP contribution in [0, 0.1) is 0 Å². The monoisotopic (exact) mass is 493 g/mol. The summed E-state index contributed by atoms with van der Waals surface area (Å²) in [6, 6.07) is 21.2. The van der Waals surface area contributed by atoms with Crippen LogP contribution >= 0.6 is 11.6 Å². The molecule has 0 saturated carbocycles. The Morgan fingerprint density at radius 1 is 0.886 bits per heavy atom. The van der Waals surface area contributed by atoms with Crippen LogP contribution in [-0.2, 0) is 16.0 Å². The lowest BCUT2D eigenvalue weighted by molar-refractivity contribution is -0.117. The first kappa shape index (κ1) is 25.8. The number of anilines is 2. The zero-order valence-electron chi connectivity index (χ0n) is 19.4. The minimum absolute atomic E-state index is 0.289. The first-order chi connectivity index (χ1) is 16.9. The molecule has 7 nitrogen and oxygen atoms in total. The van der Waals surface area contributed by atoms with Crippen molar-refractivity contribution < 1.29 is 19.1 Å². The van der Waals surface area contributed by atoms with Gasteiger partial charge in [-0.1, -0.05) is 61.3 Å². The van der Waals surface area contributed by atoms with Gasteiger partial charge in [0, 0.05) is 22.8 Å². The van der Waals surface area contributed by atoms with E-state index in [2.05, 4.69) is 16.0 Å². The first-order valence-corrected chi connectivity index (χ1v) is 11.8. The van der Waals surface area contributed by atoms with Crippen LogP contribution in [0.25, 0.3) is 0 Å². The third kappa shape index (κ3) is 8.46. The standard InChI is InChI=1S/C27H28ClN3O4/c1-2-3-16-35-26(33)20-12-14-22(15-13-20)29-25(32)24(17-19-8-5-4-6-9-19)31-27(34)30-23-11-7-10-21(28)18-23/h4-15,18,24H,2-3,16-17H2,1H3,(H,29,32)(H2,30,31,34). The number of amides is 3. The summed E-state index contributed by atoms with van der Waals surface area (Å²) in [6.07, 6.45) is 2.03. The third-order valence-electron chi connectivity index (χ3n) is 5.11. The summed E-state index contributed by atoms with van der Waals surface area (Å²) in [4.78, 5) is 37.8. The smallest absolute Gasteiger partial charge is 0.338 e. The highest BCUT2D eigenvalue weighted by Crippen LogP contribution is 2.16. The number of carbonyl (C=O) groups is 3. The molecular weight excluding hydrogens is 466 g/mol. The van der Waals surface area contributed by atoms with Gasteiger partial charge in [0.15, 0.2) is 0 Å². The van der Waals surface area contributed by atoms with E-state index in [1.165, 1.54) is 0 Å². The van der Waals surface area contributed by atoms with Gasteiger partial charge in [-0.15, -0.1) is 0 Å². The van der Waals surface area contributed by atoms with Gasteiger partial charge >= 0.3 is 12.0 Å². The van der Waals surface area contributed by atoms with Crippen molar-refractivity contribution in [3.63, 3.8) is 0 Å². The van der Waals surface area contributed by atoms with Crippen LogP contribution < -0.4 is 16.0 Å². The number of urea groups is 1. The van der Waals surface area contributed by atoms with Crippen molar-refractivity contribution in [2.75, 3.05) is 17.2 Å². The van der Waals surface area contributed by atoms with Crippen LogP contribution in [0.5, 0.6) is 0 Å². The van der Waals surface area contributed by atoms with Crippen molar-refractivity contribution in [3.8, 4) is 0 Å². The summed E-state index contributed by atoms with van der Waals surface area (Å²) < 4.78 is 5.21. The summed E-state index contributed by atoms with van der Waals surface area (Å²) in [5, 5.41) is 8.71. The Kier molecular flexibility index (Phi) is 9.69. The molecule has 0 spiro atoms. The van der Waals surface area contributed by atoms with E-state index in [1.54, 1.807) is 48.5 Å². The van der Waals surface area contributed by atoms with E-state index in [9.17, 15) is 14.4 Å². The number of rotatable bonds is 10. The van der Waals surface area contributed by atoms with Gasteiger partial charge in [-0.3, -0.25) is 4.79 Å². The fraction of sp³-hybridized carbons (Fsp3) is 0.222. The van der Waals surface area contributed by atoms with Gasteiger partial charge in [0.05, 0.1) is 12.2 Å². The predicted octanol–water partition coefficient (Wildman–Crippen LogP) is 5.67. The maximum atomic E-state index is 13.1. The van der Waals surface area contributed by atoms with Crippen molar-refractivity contribution in [2.24, 2.45) is 0 Å². The minimum atomic E-state index is -0.852. The van der Waals surface area contributed by atoms with E-state index in [1.807, 2.05) is 37.3 Å². The molecule has 0 aliphatic rings. The van der Waals surface area contributed by atoms with E-state index < -0.39 is 23.9 Å². The first-order valence-electron chi connectivity index (χ1n) is 11.4. The van der Waals surface area contributed by atoms with Crippen LogP contribution in [0.1, 0.15) is 35.7 Å². The lowest BCUT2D eigenvalue weighted by Gasteiger charge is -2.19. The number of halogens is 1. The molecule has 0 aliphatic heterocycles. The van der Waals surface area contributed by atoms with E-state index >= 15 is 0 Å². The SMILES string of the molecule is CCCCOC(=O)c1ccc(NC(=O)C(Cc2ccccc2)NC(=O)Nc2cccc(Cl)c2)cc1. The number of hydrogen-bond donors (Lipinski definition) is 3. The summed E-state index contributed by atoms with van der Waals surface area (Å²) in [5.41, 5.74) is 2.30. The fourth-order valence-corrected chi connectivity index (χ4v) is 3.45. The Labute approximate surface area is 209 Å². The Morgan fingerprint density at radius 3 is 2.31 bits per heavy atom. The lowest BCUT2D eigenvalue weighted by Crippen LogP contribution is -2.46. The number of esters is 1. The number of carbonyl (C=O) groups excluding carboxylic acids is 3. The normalized spacial score (nSPS) is 11.3. The molecule has 8 heteroatoms. The van der Waals surface area contributed by atoms with Crippen molar-refractivity contribution in [1.29, 1.82) is 0 Å². The molecule has 0 bridgehead atoms. The summed E-state index contributed by atoms with van der Waals surface area (Å²) in [5.74, 6) is -0.800. The predicted molar refractivity (Wildman–Crippen MR) is 138 cm³/mol. The van der Waals surface area contributed by atoms with Crippen LogP contribution in [0.2, 0.25) is 5.02 Å². The zero-order valence-corrected chi connectivity index (χ0v) is 20.2. The van der Waals surface area contributed by atoms with E-state index in [-0.39, 0.29) is 6.42 Å². The molecule has 0 radical (unpaired) electrons. The molecule has 3 aromatic carbocycles. The molecule has 3 rings (SSSR count). The lowest BCUT2D eigenvalue weighted by atomic mass is 10.1. The summed E-state index contributed by atoms with van der Waals surface area (Å²) in [6.45, 7) is 2.39. The zero-order chi connectivity index (χ0) is 25.0. The molecule has 0 heterocycles. The third-order valence-corrected chi connectivity index (χ3v) is 5.34. The van der Waals surface area contributed by atoms with Crippen molar-refractivity contribution in [1.82, 2.24) is 5.32 Å². The molecule has 0 fully saturated rings. The van der Waals surface area contributed by atoms with Gasteiger partial charge in [-0.25, -0.2) is 9.59 Å². The number of nitrogens with one attached hydrogen (secondary N) is 3. The van der Waals surface area contributed by atoms with Gasteiger partial charge in [0.2, 0.25) is 5.91 Å². The number of benzene rings is 3. The molecule has 3 aromatic rings. The quantitative estimate of drug-likeness (QED) is 0.250. The molecule has 0 saturated heterocycles. The van der Waals surface area contributed by atoms with E-state index in [4.69, 9.17) is 16.3 Å². The summed E-state index contributed by atoms with van der Waals surface area (Å²) >= 11 is 5.98. The molecule has 35 heavy (non-hydrogen) atoms. The van der Waals surface area contributed by atoms with E-state index in [0.717, 1.165) is 18.4 Å². The molecule has 1 atom stereocenters.